The lowest BCUT2D eigenvalue weighted by Crippen LogP contribution is -2.73. The first kappa shape index (κ1) is 31.3. The van der Waals surface area contributed by atoms with Gasteiger partial charge in [0.15, 0.2) is 0 Å². The third-order valence-electron chi connectivity index (χ3n) is 10.2. The standard InChI is InChI=1S/C12H24N2.C11H22N2.C9H19N/c1-10(2)13-6-5-12(7-13)8-14(9-12)11(3)4;1-9(2)12-5-11(6-12)7-13(8-11)10(3)4;1-7(2)9-5-10(6-9)8(3)4/h10-11H,5-9H2,1-4H3;9-10H,5-8H2,1-4H3;7-9H,5-6H2,1-4H3. The molecule has 218 valence electrons. The van der Waals surface area contributed by atoms with Crippen molar-refractivity contribution in [3.63, 3.8) is 0 Å². The van der Waals surface area contributed by atoms with Crippen LogP contribution < -0.4 is 0 Å². The van der Waals surface area contributed by atoms with Crippen LogP contribution in [-0.4, -0.2) is 120 Å². The van der Waals surface area contributed by atoms with Gasteiger partial charge < -0.3 is 9.80 Å². The van der Waals surface area contributed by atoms with Crippen LogP contribution >= 0.6 is 0 Å². The Bertz CT molecular complexity index is 638. The summed E-state index contributed by atoms with van der Waals surface area (Å²) in [5.41, 5.74) is 1.38. The topological polar surface area (TPSA) is 16.2 Å². The Labute approximate surface area is 232 Å². The summed E-state index contributed by atoms with van der Waals surface area (Å²) in [4.78, 5) is 12.9. The summed E-state index contributed by atoms with van der Waals surface area (Å²) in [5.74, 6) is 1.86. The second-order valence-corrected chi connectivity index (χ2v) is 15.4. The number of hydrogen-bond acceptors (Lipinski definition) is 5. The predicted molar refractivity (Wildman–Crippen MR) is 161 cm³/mol. The lowest BCUT2D eigenvalue weighted by Gasteiger charge is -2.62. The Kier molecular flexibility index (Phi) is 10.6. The lowest BCUT2D eigenvalue weighted by molar-refractivity contribution is -0.135. The molecule has 5 heterocycles. The molecular weight excluding hydrogens is 454 g/mol. The van der Waals surface area contributed by atoms with Crippen LogP contribution in [0.15, 0.2) is 0 Å². The Balaban J connectivity index is 0.000000157. The van der Waals surface area contributed by atoms with Gasteiger partial charge in [-0.3, -0.25) is 14.7 Å². The zero-order valence-corrected chi connectivity index (χ0v) is 27.1. The molecule has 0 aliphatic carbocycles. The number of hydrogen-bond donors (Lipinski definition) is 0. The largest absolute Gasteiger partial charge is 0.300 e. The van der Waals surface area contributed by atoms with Gasteiger partial charge in [0.1, 0.15) is 0 Å². The normalized spacial score (nSPS) is 26.4. The number of likely N-dealkylation sites (tertiary alicyclic amines) is 5. The maximum absolute atomic E-state index is 2.64. The second-order valence-electron chi connectivity index (χ2n) is 15.4. The van der Waals surface area contributed by atoms with Crippen LogP contribution in [-0.2, 0) is 0 Å². The van der Waals surface area contributed by atoms with E-state index in [1.807, 2.05) is 0 Å². The smallest absolute Gasteiger partial charge is 0.0212 e. The summed E-state index contributed by atoms with van der Waals surface area (Å²) in [6.45, 7) is 41.0. The van der Waals surface area contributed by atoms with Gasteiger partial charge in [-0.05, 0) is 94.0 Å². The summed E-state index contributed by atoms with van der Waals surface area (Å²) >= 11 is 0. The van der Waals surface area contributed by atoms with Crippen LogP contribution in [0, 0.1) is 22.7 Å². The van der Waals surface area contributed by atoms with Gasteiger partial charge in [0.2, 0.25) is 0 Å². The highest BCUT2D eigenvalue weighted by Gasteiger charge is 2.52. The maximum Gasteiger partial charge on any atom is 0.0212 e. The van der Waals surface area contributed by atoms with Crippen molar-refractivity contribution in [2.24, 2.45) is 22.7 Å². The van der Waals surface area contributed by atoms with E-state index >= 15 is 0 Å². The molecule has 0 saturated carbocycles. The molecule has 5 rings (SSSR count). The van der Waals surface area contributed by atoms with Gasteiger partial charge in [-0.15, -0.1) is 0 Å². The van der Waals surface area contributed by atoms with Gasteiger partial charge in [0.25, 0.3) is 0 Å². The quantitative estimate of drug-likeness (QED) is 0.477. The van der Waals surface area contributed by atoms with Crippen LogP contribution in [0.1, 0.15) is 89.5 Å². The fraction of sp³-hybridized carbons (Fsp3) is 1.00. The molecule has 0 aromatic rings. The molecule has 5 nitrogen and oxygen atoms in total. The lowest BCUT2D eigenvalue weighted by atomic mass is 9.72. The van der Waals surface area contributed by atoms with E-state index in [1.54, 1.807) is 0 Å². The molecule has 5 aliphatic rings. The zero-order valence-electron chi connectivity index (χ0n) is 27.1. The molecule has 0 aromatic heterocycles. The van der Waals surface area contributed by atoms with Gasteiger partial charge in [-0.2, -0.15) is 0 Å². The highest BCUT2D eigenvalue weighted by atomic mass is 15.3. The van der Waals surface area contributed by atoms with E-state index in [1.165, 1.54) is 71.9 Å². The van der Waals surface area contributed by atoms with Crippen molar-refractivity contribution in [2.75, 3.05) is 65.4 Å². The molecule has 0 N–H and O–H groups in total. The molecular formula is C32H65N5. The van der Waals surface area contributed by atoms with Crippen LogP contribution in [0.2, 0.25) is 0 Å². The average Bonchev–Trinajstić information content (AvgIpc) is 3.09. The van der Waals surface area contributed by atoms with E-state index < -0.39 is 0 Å². The predicted octanol–water partition coefficient (Wildman–Crippen LogP) is 5.21. The van der Waals surface area contributed by atoms with Crippen LogP contribution in [0.25, 0.3) is 0 Å². The molecule has 5 fully saturated rings. The average molecular weight is 520 g/mol. The summed E-state index contributed by atoms with van der Waals surface area (Å²) in [5, 5.41) is 0. The first-order valence-corrected chi connectivity index (χ1v) is 15.9. The third kappa shape index (κ3) is 7.72. The molecule has 0 unspecified atom stereocenters. The number of nitrogens with zero attached hydrogens (tertiary/aromatic N) is 5. The summed E-state index contributed by atoms with van der Waals surface area (Å²) in [6, 6.07) is 3.74. The Morgan fingerprint density at radius 3 is 1.05 bits per heavy atom. The Morgan fingerprint density at radius 1 is 0.432 bits per heavy atom. The molecule has 0 radical (unpaired) electrons. The van der Waals surface area contributed by atoms with E-state index in [0.29, 0.717) is 10.8 Å². The molecule has 0 atom stereocenters. The van der Waals surface area contributed by atoms with Crippen molar-refractivity contribution in [1.29, 1.82) is 0 Å². The molecule has 2 spiro atoms. The van der Waals surface area contributed by atoms with Crippen molar-refractivity contribution in [1.82, 2.24) is 24.5 Å². The molecule has 0 amide bonds. The number of rotatable bonds is 6. The third-order valence-corrected chi connectivity index (χ3v) is 10.2. The maximum atomic E-state index is 2.64. The van der Waals surface area contributed by atoms with Gasteiger partial charge >= 0.3 is 0 Å². The van der Waals surface area contributed by atoms with E-state index in [4.69, 9.17) is 0 Å². The molecule has 5 aliphatic heterocycles. The summed E-state index contributed by atoms with van der Waals surface area (Å²) < 4.78 is 0. The van der Waals surface area contributed by atoms with Crippen LogP contribution in [0.3, 0.4) is 0 Å². The Hall–Kier alpha value is -0.200. The molecule has 5 saturated heterocycles. The van der Waals surface area contributed by atoms with E-state index in [0.717, 1.165) is 42.0 Å². The van der Waals surface area contributed by atoms with Crippen molar-refractivity contribution >= 4 is 0 Å². The minimum absolute atomic E-state index is 0.675. The molecule has 0 aromatic carbocycles. The highest BCUT2D eigenvalue weighted by molar-refractivity contribution is 5.07. The van der Waals surface area contributed by atoms with Crippen molar-refractivity contribution < 1.29 is 0 Å². The van der Waals surface area contributed by atoms with Crippen LogP contribution in [0.4, 0.5) is 0 Å². The van der Waals surface area contributed by atoms with Gasteiger partial charge in [-0.25, -0.2) is 0 Å². The van der Waals surface area contributed by atoms with Crippen molar-refractivity contribution in [3.05, 3.63) is 0 Å². The van der Waals surface area contributed by atoms with Gasteiger partial charge in [0.05, 0.1) is 0 Å². The van der Waals surface area contributed by atoms with E-state index in [9.17, 15) is 0 Å². The summed E-state index contributed by atoms with van der Waals surface area (Å²) in [7, 11) is 0. The van der Waals surface area contributed by atoms with Crippen molar-refractivity contribution in [2.45, 2.75) is 120 Å². The van der Waals surface area contributed by atoms with Gasteiger partial charge in [0, 0.05) is 99.9 Å². The SMILES string of the molecule is CC(C)C1CN(C(C)C)C1.CC(C)N1CC2(C1)CN(C(C)C)C2.CC(C)N1CCC2(C1)CN(C(C)C)C2. The monoisotopic (exact) mass is 520 g/mol. The minimum atomic E-state index is 0.675. The second kappa shape index (κ2) is 12.5. The zero-order chi connectivity index (χ0) is 27.7. The first-order chi connectivity index (χ1) is 17.2. The molecule has 5 heteroatoms. The Morgan fingerprint density at radius 2 is 0.757 bits per heavy atom. The minimum Gasteiger partial charge on any atom is -0.300 e. The van der Waals surface area contributed by atoms with E-state index in [2.05, 4.69) is 108 Å². The fourth-order valence-electron chi connectivity index (χ4n) is 6.80. The van der Waals surface area contributed by atoms with Gasteiger partial charge in [-0.1, -0.05) is 13.8 Å². The first-order valence-electron chi connectivity index (χ1n) is 15.9. The molecule has 0 bridgehead atoms. The van der Waals surface area contributed by atoms with Crippen LogP contribution in [0.5, 0.6) is 0 Å². The molecule has 37 heavy (non-hydrogen) atoms. The highest BCUT2D eigenvalue weighted by Crippen LogP contribution is 2.42. The fourth-order valence-corrected chi connectivity index (χ4v) is 6.80. The van der Waals surface area contributed by atoms with E-state index in [-0.39, 0.29) is 0 Å². The summed E-state index contributed by atoms with van der Waals surface area (Å²) in [6.07, 6.45) is 1.42. The van der Waals surface area contributed by atoms with Crippen molar-refractivity contribution in [3.8, 4) is 0 Å².